The number of aliphatic carboxylic acids is 1. The molecule has 1 fully saturated rings. The van der Waals surface area contributed by atoms with Crippen LogP contribution in [0.3, 0.4) is 0 Å². The third-order valence-corrected chi connectivity index (χ3v) is 4.60. The summed E-state index contributed by atoms with van der Waals surface area (Å²) in [6, 6.07) is 7.32. The van der Waals surface area contributed by atoms with Crippen molar-refractivity contribution in [3.63, 3.8) is 0 Å². The van der Waals surface area contributed by atoms with Gasteiger partial charge in [-0.15, -0.1) is 0 Å². The predicted octanol–water partition coefficient (Wildman–Crippen LogP) is 3.14. The maximum atomic E-state index is 12.8. The molecule has 2 aromatic rings. The number of fused-ring (bicyclic) bond motifs is 1. The molecule has 0 spiro atoms. The third kappa shape index (κ3) is 3.33. The Morgan fingerprint density at radius 3 is 2.70 bits per heavy atom. The first-order valence-corrected chi connectivity index (χ1v) is 7.97. The van der Waals surface area contributed by atoms with E-state index in [0.29, 0.717) is 5.56 Å². The highest BCUT2D eigenvalue weighted by Crippen LogP contribution is 2.32. The zero-order valence-corrected chi connectivity index (χ0v) is 12.9. The minimum atomic E-state index is -0.866. The molecule has 3 rings (SSSR count). The second kappa shape index (κ2) is 6.36. The number of nitrogens with zero attached hydrogens (tertiary/aromatic N) is 1. The van der Waals surface area contributed by atoms with Crippen molar-refractivity contribution in [1.29, 1.82) is 0 Å². The van der Waals surface area contributed by atoms with Gasteiger partial charge in [-0.2, -0.15) is 0 Å². The van der Waals surface area contributed by atoms with Crippen molar-refractivity contribution >= 4 is 22.6 Å². The van der Waals surface area contributed by atoms with Crippen molar-refractivity contribution < 1.29 is 14.7 Å². The molecule has 5 heteroatoms. The minimum absolute atomic E-state index is 0.0228. The van der Waals surface area contributed by atoms with Crippen molar-refractivity contribution in [2.75, 3.05) is 0 Å². The number of benzene rings is 1. The summed E-state index contributed by atoms with van der Waals surface area (Å²) in [5, 5.41) is 14.0. The van der Waals surface area contributed by atoms with Crippen LogP contribution >= 0.6 is 0 Å². The smallest absolute Gasteiger partial charge is 0.305 e. The fourth-order valence-electron chi connectivity index (χ4n) is 3.49. The molecule has 0 saturated heterocycles. The molecular weight excluding hydrogens is 292 g/mol. The van der Waals surface area contributed by atoms with Gasteiger partial charge in [0.15, 0.2) is 0 Å². The van der Waals surface area contributed by atoms with E-state index in [0.717, 1.165) is 42.9 Å². The molecule has 120 valence electrons. The zero-order chi connectivity index (χ0) is 16.3. The van der Waals surface area contributed by atoms with Gasteiger partial charge in [0, 0.05) is 23.3 Å². The monoisotopic (exact) mass is 312 g/mol. The van der Waals surface area contributed by atoms with Gasteiger partial charge < -0.3 is 10.4 Å². The summed E-state index contributed by atoms with van der Waals surface area (Å²) in [7, 11) is 0. The summed E-state index contributed by atoms with van der Waals surface area (Å²) in [5.74, 6) is -1.07. The van der Waals surface area contributed by atoms with Crippen LogP contribution in [0.25, 0.3) is 10.8 Å². The van der Waals surface area contributed by atoms with Gasteiger partial charge in [0.2, 0.25) is 0 Å². The summed E-state index contributed by atoms with van der Waals surface area (Å²) in [6.07, 6.45) is 7.80. The normalized spacial score (nSPS) is 16.9. The van der Waals surface area contributed by atoms with Crippen LogP contribution in [0.15, 0.2) is 36.7 Å². The number of aromatic nitrogens is 1. The second-order valence-corrected chi connectivity index (χ2v) is 6.27. The molecule has 1 amide bonds. The molecule has 1 aliphatic carbocycles. The summed E-state index contributed by atoms with van der Waals surface area (Å²) in [6.45, 7) is 0. The molecule has 0 unspecified atom stereocenters. The minimum Gasteiger partial charge on any atom is -0.481 e. The maximum Gasteiger partial charge on any atom is 0.305 e. The number of carbonyl (C=O) groups excluding carboxylic acids is 1. The van der Waals surface area contributed by atoms with E-state index in [1.807, 2.05) is 18.2 Å². The van der Waals surface area contributed by atoms with E-state index in [9.17, 15) is 14.7 Å². The van der Waals surface area contributed by atoms with Crippen LogP contribution in [0.4, 0.5) is 0 Å². The average Bonchev–Trinajstić information content (AvgIpc) is 2.54. The van der Waals surface area contributed by atoms with Gasteiger partial charge in [0.25, 0.3) is 5.91 Å². The molecule has 23 heavy (non-hydrogen) atoms. The van der Waals surface area contributed by atoms with Gasteiger partial charge in [-0.3, -0.25) is 14.6 Å². The summed E-state index contributed by atoms with van der Waals surface area (Å²) in [5.41, 5.74) is -0.0589. The topological polar surface area (TPSA) is 79.3 Å². The quantitative estimate of drug-likeness (QED) is 0.909. The summed E-state index contributed by atoms with van der Waals surface area (Å²) < 4.78 is 0. The predicted molar refractivity (Wildman–Crippen MR) is 87.3 cm³/mol. The lowest BCUT2D eigenvalue weighted by Crippen LogP contribution is -2.51. The van der Waals surface area contributed by atoms with E-state index in [1.54, 1.807) is 18.5 Å². The number of pyridine rings is 1. The summed E-state index contributed by atoms with van der Waals surface area (Å²) >= 11 is 0. The van der Waals surface area contributed by atoms with Crippen LogP contribution in [0.2, 0.25) is 0 Å². The van der Waals surface area contributed by atoms with Crippen LogP contribution in [0, 0.1) is 0 Å². The molecular formula is C18H20N2O3. The van der Waals surface area contributed by atoms with Crippen molar-refractivity contribution in [2.45, 2.75) is 44.1 Å². The van der Waals surface area contributed by atoms with E-state index < -0.39 is 11.5 Å². The highest BCUT2D eigenvalue weighted by Gasteiger charge is 2.36. The number of carbonyl (C=O) groups is 2. The molecule has 0 radical (unpaired) electrons. The van der Waals surface area contributed by atoms with Crippen LogP contribution in [-0.2, 0) is 4.79 Å². The van der Waals surface area contributed by atoms with Crippen molar-refractivity contribution in [3.8, 4) is 0 Å². The number of nitrogens with one attached hydrogen (secondary N) is 1. The van der Waals surface area contributed by atoms with E-state index >= 15 is 0 Å². The first kappa shape index (κ1) is 15.5. The van der Waals surface area contributed by atoms with Crippen LogP contribution < -0.4 is 5.32 Å². The fraction of sp³-hybridized carbons (Fsp3) is 0.389. The lowest BCUT2D eigenvalue weighted by atomic mass is 9.79. The number of carboxylic acids is 1. The Hall–Kier alpha value is -2.43. The number of rotatable bonds is 4. The Labute approximate surface area is 134 Å². The Morgan fingerprint density at radius 2 is 1.96 bits per heavy atom. The van der Waals surface area contributed by atoms with Gasteiger partial charge in [-0.1, -0.05) is 31.4 Å². The van der Waals surface area contributed by atoms with Crippen molar-refractivity contribution in [3.05, 3.63) is 42.2 Å². The Bertz CT molecular complexity index is 731. The molecule has 0 aliphatic heterocycles. The molecule has 2 N–H and O–H groups in total. The van der Waals surface area contributed by atoms with Crippen molar-refractivity contribution in [2.24, 2.45) is 0 Å². The largest absolute Gasteiger partial charge is 0.481 e. The first-order valence-electron chi connectivity index (χ1n) is 7.97. The Kier molecular flexibility index (Phi) is 4.28. The second-order valence-electron chi connectivity index (χ2n) is 6.27. The number of hydrogen-bond acceptors (Lipinski definition) is 3. The van der Waals surface area contributed by atoms with E-state index in [2.05, 4.69) is 10.3 Å². The van der Waals surface area contributed by atoms with Crippen LogP contribution in [-0.4, -0.2) is 27.5 Å². The zero-order valence-electron chi connectivity index (χ0n) is 12.9. The Morgan fingerprint density at radius 1 is 1.17 bits per heavy atom. The lowest BCUT2D eigenvalue weighted by molar-refractivity contribution is -0.139. The molecule has 1 heterocycles. The van der Waals surface area contributed by atoms with Gasteiger partial charge in [0.05, 0.1) is 12.0 Å². The van der Waals surface area contributed by atoms with E-state index in [1.165, 1.54) is 0 Å². The van der Waals surface area contributed by atoms with Crippen molar-refractivity contribution in [1.82, 2.24) is 10.3 Å². The SMILES string of the molecule is O=C(O)CC1(NC(=O)c2cccc3cnccc23)CCCCC1. The van der Waals surface area contributed by atoms with Gasteiger partial charge in [-0.25, -0.2) is 0 Å². The Balaban J connectivity index is 1.90. The summed E-state index contributed by atoms with van der Waals surface area (Å²) in [4.78, 5) is 28.1. The van der Waals surface area contributed by atoms with Crippen LogP contribution in [0.5, 0.6) is 0 Å². The maximum absolute atomic E-state index is 12.8. The van der Waals surface area contributed by atoms with E-state index in [-0.39, 0.29) is 12.3 Å². The third-order valence-electron chi connectivity index (χ3n) is 4.60. The highest BCUT2D eigenvalue weighted by molar-refractivity contribution is 6.07. The lowest BCUT2D eigenvalue weighted by Gasteiger charge is -2.37. The standard InChI is InChI=1S/C18H20N2O3/c21-16(22)11-18(8-2-1-3-9-18)20-17(23)15-6-4-5-13-12-19-10-7-14(13)15/h4-7,10,12H,1-3,8-9,11H2,(H,20,23)(H,21,22). The molecule has 1 aliphatic rings. The fourth-order valence-corrected chi connectivity index (χ4v) is 3.49. The van der Waals surface area contributed by atoms with Gasteiger partial charge in [-0.05, 0) is 30.4 Å². The highest BCUT2D eigenvalue weighted by atomic mass is 16.4. The molecule has 5 nitrogen and oxygen atoms in total. The number of hydrogen-bond donors (Lipinski definition) is 2. The molecule has 0 bridgehead atoms. The molecule has 0 atom stereocenters. The molecule has 1 aromatic heterocycles. The van der Waals surface area contributed by atoms with Gasteiger partial charge in [0.1, 0.15) is 0 Å². The average molecular weight is 312 g/mol. The molecule has 1 saturated carbocycles. The number of carboxylic acid groups (broad SMARTS) is 1. The first-order chi connectivity index (χ1) is 11.1. The van der Waals surface area contributed by atoms with Gasteiger partial charge >= 0.3 is 5.97 Å². The molecule has 1 aromatic carbocycles. The van der Waals surface area contributed by atoms with E-state index in [4.69, 9.17) is 0 Å². The van der Waals surface area contributed by atoms with Crippen LogP contribution in [0.1, 0.15) is 48.9 Å². The number of amides is 1.